The van der Waals surface area contributed by atoms with Gasteiger partial charge >= 0.3 is 11.9 Å². The summed E-state index contributed by atoms with van der Waals surface area (Å²) in [5.74, 6) is 0.00182. The Hall–Kier alpha value is -1.58. The Balaban J connectivity index is 0.000000360. The molecule has 0 spiro atoms. The van der Waals surface area contributed by atoms with Crippen LogP contribution < -0.4 is 0 Å². The largest absolute Gasteiger partial charge is 0.466 e. The first-order valence-electron chi connectivity index (χ1n) is 15.4. The van der Waals surface area contributed by atoms with Crippen LogP contribution in [0.1, 0.15) is 154 Å². The van der Waals surface area contributed by atoms with Crippen LogP contribution in [0.15, 0.2) is 24.3 Å². The number of esters is 2. The van der Waals surface area contributed by atoms with Gasteiger partial charge in [0.15, 0.2) is 0 Å². The second-order valence-electron chi connectivity index (χ2n) is 10.4. The average molecular weight is 505 g/mol. The summed E-state index contributed by atoms with van der Waals surface area (Å²) in [6.07, 6.45) is 36.9. The Morgan fingerprint density at radius 1 is 0.361 bits per heavy atom. The van der Waals surface area contributed by atoms with Crippen molar-refractivity contribution in [2.45, 2.75) is 154 Å². The number of cyclic esters (lactones) is 2. The van der Waals surface area contributed by atoms with Crippen molar-refractivity contribution in [3.05, 3.63) is 24.3 Å². The molecule has 4 heteroatoms. The zero-order valence-electron chi connectivity index (χ0n) is 23.3. The first kappa shape index (κ1) is 32.4. The molecule has 2 rings (SSSR count). The molecule has 0 fully saturated rings. The van der Waals surface area contributed by atoms with Crippen LogP contribution in [0, 0.1) is 0 Å². The molecular weight excluding hydrogens is 448 g/mol. The lowest BCUT2D eigenvalue weighted by Gasteiger charge is -2.04. The maximum absolute atomic E-state index is 11.4. The quantitative estimate of drug-likeness (QED) is 0.243. The topological polar surface area (TPSA) is 52.6 Å². The van der Waals surface area contributed by atoms with E-state index >= 15 is 0 Å². The third-order valence-corrected chi connectivity index (χ3v) is 6.89. The summed E-state index contributed by atoms with van der Waals surface area (Å²) in [6, 6.07) is 0. The van der Waals surface area contributed by atoms with Crippen molar-refractivity contribution in [2.24, 2.45) is 0 Å². The Morgan fingerprint density at radius 2 is 0.639 bits per heavy atom. The zero-order chi connectivity index (χ0) is 25.8. The van der Waals surface area contributed by atoms with Gasteiger partial charge in [-0.1, -0.05) is 88.5 Å². The van der Waals surface area contributed by atoms with E-state index in [4.69, 9.17) is 9.47 Å². The molecular formula is C32H56O4. The summed E-state index contributed by atoms with van der Waals surface area (Å²) >= 11 is 0. The third kappa shape index (κ3) is 24.1. The minimum Gasteiger partial charge on any atom is -0.466 e. The number of carbonyl (C=O) groups is 2. The molecule has 4 nitrogen and oxygen atoms in total. The summed E-state index contributed by atoms with van der Waals surface area (Å²) in [6.45, 7) is 1.24. The molecule has 0 N–H and O–H groups in total. The number of rotatable bonds is 0. The highest BCUT2D eigenvalue weighted by Crippen LogP contribution is 2.12. The molecule has 0 atom stereocenters. The molecule has 36 heavy (non-hydrogen) atoms. The second kappa shape index (κ2) is 26.5. The minimum atomic E-state index is 0.000910. The number of hydrogen-bond acceptors (Lipinski definition) is 4. The van der Waals surface area contributed by atoms with Crippen molar-refractivity contribution in [3.63, 3.8) is 0 Å². The molecule has 0 unspecified atom stereocenters. The molecule has 208 valence electrons. The van der Waals surface area contributed by atoms with Crippen LogP contribution in [-0.4, -0.2) is 25.2 Å². The van der Waals surface area contributed by atoms with Crippen molar-refractivity contribution in [3.8, 4) is 0 Å². The summed E-state index contributed by atoms with van der Waals surface area (Å²) in [5.41, 5.74) is 0. The van der Waals surface area contributed by atoms with Gasteiger partial charge in [-0.25, -0.2) is 0 Å². The van der Waals surface area contributed by atoms with E-state index < -0.39 is 0 Å². The first-order valence-corrected chi connectivity index (χ1v) is 15.4. The van der Waals surface area contributed by atoms with Crippen LogP contribution in [0.5, 0.6) is 0 Å². The molecule has 0 bridgehead atoms. The molecule has 0 aromatic carbocycles. The molecule has 0 radical (unpaired) electrons. The van der Waals surface area contributed by atoms with Crippen LogP contribution in [0.2, 0.25) is 0 Å². The van der Waals surface area contributed by atoms with E-state index in [2.05, 4.69) is 24.3 Å². The summed E-state index contributed by atoms with van der Waals surface area (Å²) < 4.78 is 10.4. The number of allylic oxidation sites excluding steroid dienone is 4. The van der Waals surface area contributed by atoms with E-state index in [1.165, 1.54) is 116 Å². The lowest BCUT2D eigenvalue weighted by atomic mass is 10.1. The third-order valence-electron chi connectivity index (χ3n) is 6.89. The molecule has 0 aromatic rings. The highest BCUT2D eigenvalue weighted by molar-refractivity contribution is 5.69. The molecule has 0 aromatic heterocycles. The molecule has 0 saturated carbocycles. The Labute approximate surface area is 222 Å². The molecule has 0 aliphatic carbocycles. The van der Waals surface area contributed by atoms with Crippen LogP contribution in [0.25, 0.3) is 0 Å². The second-order valence-corrected chi connectivity index (χ2v) is 10.4. The van der Waals surface area contributed by atoms with Gasteiger partial charge < -0.3 is 9.47 Å². The highest BCUT2D eigenvalue weighted by atomic mass is 16.5. The smallest absolute Gasteiger partial charge is 0.305 e. The number of ether oxygens (including phenoxy) is 2. The molecule has 0 amide bonds. The standard InChI is InChI=1S/2C16H28O2/c2*17-16-14-12-10-8-6-4-2-1-3-5-7-9-11-13-15-18-16/h2*1,3H,2,4-15H2. The van der Waals surface area contributed by atoms with Gasteiger partial charge in [-0.05, 0) is 77.0 Å². The molecule has 2 aliphatic rings. The predicted octanol–water partition coefficient (Wildman–Crippen LogP) is 9.56. The summed E-state index contributed by atoms with van der Waals surface area (Å²) in [7, 11) is 0. The van der Waals surface area contributed by atoms with Gasteiger partial charge in [0.2, 0.25) is 0 Å². The summed E-state index contributed by atoms with van der Waals surface area (Å²) in [5, 5.41) is 0. The van der Waals surface area contributed by atoms with E-state index in [0.717, 1.165) is 25.7 Å². The lowest BCUT2D eigenvalue weighted by molar-refractivity contribution is -0.144. The van der Waals surface area contributed by atoms with Crippen molar-refractivity contribution in [1.82, 2.24) is 0 Å². The highest BCUT2D eigenvalue weighted by Gasteiger charge is 2.03. The zero-order valence-corrected chi connectivity index (χ0v) is 23.3. The fraction of sp³-hybridized carbons (Fsp3) is 0.812. The van der Waals surface area contributed by atoms with Crippen LogP contribution in [0.4, 0.5) is 0 Å². The molecule has 2 heterocycles. The predicted molar refractivity (Wildman–Crippen MR) is 151 cm³/mol. The van der Waals surface area contributed by atoms with Gasteiger partial charge in [0.05, 0.1) is 13.2 Å². The maximum atomic E-state index is 11.4. The van der Waals surface area contributed by atoms with Crippen molar-refractivity contribution < 1.29 is 19.1 Å². The van der Waals surface area contributed by atoms with Gasteiger partial charge in [-0.15, -0.1) is 0 Å². The van der Waals surface area contributed by atoms with Gasteiger partial charge in [-0.3, -0.25) is 9.59 Å². The van der Waals surface area contributed by atoms with Gasteiger partial charge in [0, 0.05) is 12.8 Å². The summed E-state index contributed by atoms with van der Waals surface area (Å²) in [4.78, 5) is 22.8. The fourth-order valence-corrected chi connectivity index (χ4v) is 4.55. The van der Waals surface area contributed by atoms with E-state index in [9.17, 15) is 9.59 Å². The lowest BCUT2D eigenvalue weighted by Crippen LogP contribution is -2.05. The van der Waals surface area contributed by atoms with Crippen LogP contribution >= 0.6 is 0 Å². The average Bonchev–Trinajstić information content (AvgIpc) is 2.88. The minimum absolute atomic E-state index is 0.000910. The first-order chi connectivity index (χ1) is 17.8. The molecule has 2 aliphatic heterocycles. The van der Waals surface area contributed by atoms with E-state index in [0.29, 0.717) is 26.1 Å². The Bertz CT molecular complexity index is 473. The van der Waals surface area contributed by atoms with Crippen molar-refractivity contribution in [2.75, 3.05) is 13.2 Å². The number of carbonyl (C=O) groups excluding carboxylic acids is 2. The van der Waals surface area contributed by atoms with E-state index in [1.807, 2.05) is 0 Å². The van der Waals surface area contributed by atoms with Gasteiger partial charge in [-0.2, -0.15) is 0 Å². The van der Waals surface area contributed by atoms with Crippen LogP contribution in [0.3, 0.4) is 0 Å². The van der Waals surface area contributed by atoms with Crippen molar-refractivity contribution in [1.29, 1.82) is 0 Å². The van der Waals surface area contributed by atoms with E-state index in [1.54, 1.807) is 0 Å². The van der Waals surface area contributed by atoms with Gasteiger partial charge in [0.1, 0.15) is 0 Å². The Kier molecular flexibility index (Phi) is 23.9. The SMILES string of the molecule is O=C1CCCCCCCC=CCCCCCCO1.O=C1CCCCCCCC=CCCCCCCO1. The van der Waals surface area contributed by atoms with Crippen molar-refractivity contribution >= 4 is 11.9 Å². The normalized spacial score (nSPS) is 22.1. The Morgan fingerprint density at radius 3 is 1.00 bits per heavy atom. The monoisotopic (exact) mass is 504 g/mol. The number of hydrogen-bond donors (Lipinski definition) is 0. The fourth-order valence-electron chi connectivity index (χ4n) is 4.55. The van der Waals surface area contributed by atoms with Crippen LogP contribution in [-0.2, 0) is 19.1 Å². The molecule has 0 saturated heterocycles. The maximum Gasteiger partial charge on any atom is 0.305 e. The van der Waals surface area contributed by atoms with E-state index in [-0.39, 0.29) is 11.9 Å². The van der Waals surface area contributed by atoms with Gasteiger partial charge in [0.25, 0.3) is 0 Å².